The highest BCUT2D eigenvalue weighted by atomic mass is 16.6. The van der Waals surface area contributed by atoms with Crippen LogP contribution < -0.4 is 10.6 Å². The molecule has 0 bridgehead atoms. The monoisotopic (exact) mass is 357 g/mol. The topological polar surface area (TPSA) is 78.4 Å². The van der Waals surface area contributed by atoms with Crippen LogP contribution in [0.3, 0.4) is 0 Å². The largest absolute Gasteiger partial charge is 0.444 e. The first kappa shape index (κ1) is 21.5. The van der Waals surface area contributed by atoms with E-state index in [2.05, 4.69) is 20.5 Å². The Hall–Kier alpha value is -1.54. The summed E-state index contributed by atoms with van der Waals surface area (Å²) >= 11 is 0. The first-order valence-electron chi connectivity index (χ1n) is 9.07. The molecular formula is C17H35N5O3. The van der Waals surface area contributed by atoms with E-state index < -0.39 is 5.60 Å². The zero-order valence-electron chi connectivity index (χ0n) is 16.4. The van der Waals surface area contributed by atoms with E-state index in [4.69, 9.17) is 9.47 Å². The van der Waals surface area contributed by atoms with E-state index in [-0.39, 0.29) is 6.09 Å². The summed E-state index contributed by atoms with van der Waals surface area (Å²) in [6, 6.07) is 0. The summed E-state index contributed by atoms with van der Waals surface area (Å²) in [6.07, 6.45) is -0.220. The second-order valence-corrected chi connectivity index (χ2v) is 6.99. The molecule has 8 heteroatoms. The predicted octanol–water partition coefficient (Wildman–Crippen LogP) is 0.741. The number of carbonyl (C=O) groups is 1. The van der Waals surface area contributed by atoms with Crippen molar-refractivity contribution in [1.29, 1.82) is 0 Å². The number of nitrogens with one attached hydrogen (secondary N) is 2. The number of carbonyl (C=O) groups excluding carboxylic acids is 1. The van der Waals surface area contributed by atoms with Crippen molar-refractivity contribution in [2.75, 3.05) is 66.1 Å². The molecule has 1 amide bonds. The molecule has 1 saturated heterocycles. The van der Waals surface area contributed by atoms with Crippen molar-refractivity contribution in [2.45, 2.75) is 33.3 Å². The fraction of sp³-hybridized carbons (Fsp3) is 0.882. The van der Waals surface area contributed by atoms with Gasteiger partial charge in [0.25, 0.3) is 0 Å². The molecule has 146 valence electrons. The molecule has 1 heterocycles. The van der Waals surface area contributed by atoms with Crippen LogP contribution in [0.5, 0.6) is 0 Å². The van der Waals surface area contributed by atoms with Crippen LogP contribution in [-0.2, 0) is 9.47 Å². The van der Waals surface area contributed by atoms with Gasteiger partial charge in [0.1, 0.15) is 5.60 Å². The number of ether oxygens (including phenoxy) is 2. The number of hydrogen-bond donors (Lipinski definition) is 2. The van der Waals surface area contributed by atoms with Gasteiger partial charge in [-0.25, -0.2) is 4.79 Å². The molecule has 2 N–H and O–H groups in total. The summed E-state index contributed by atoms with van der Waals surface area (Å²) in [4.78, 5) is 20.7. The smallest absolute Gasteiger partial charge is 0.410 e. The van der Waals surface area contributed by atoms with E-state index in [1.54, 1.807) is 12.0 Å². The van der Waals surface area contributed by atoms with E-state index in [0.29, 0.717) is 19.7 Å². The van der Waals surface area contributed by atoms with Gasteiger partial charge in [0.15, 0.2) is 5.96 Å². The zero-order valence-corrected chi connectivity index (χ0v) is 16.4. The van der Waals surface area contributed by atoms with Gasteiger partial charge in [0.05, 0.1) is 13.2 Å². The first-order valence-corrected chi connectivity index (χ1v) is 9.07. The number of aliphatic imine (C=N–C) groups is 1. The lowest BCUT2D eigenvalue weighted by Crippen LogP contribution is -2.50. The van der Waals surface area contributed by atoms with Crippen molar-refractivity contribution in [1.82, 2.24) is 20.4 Å². The van der Waals surface area contributed by atoms with Gasteiger partial charge in [-0.05, 0) is 27.7 Å². The van der Waals surface area contributed by atoms with E-state index in [1.807, 2.05) is 27.7 Å². The van der Waals surface area contributed by atoms with Crippen LogP contribution in [0.4, 0.5) is 4.79 Å². The Morgan fingerprint density at radius 3 is 2.40 bits per heavy atom. The molecule has 0 aromatic heterocycles. The minimum absolute atomic E-state index is 0.220. The molecule has 0 spiro atoms. The van der Waals surface area contributed by atoms with Gasteiger partial charge >= 0.3 is 6.09 Å². The third kappa shape index (κ3) is 9.50. The lowest BCUT2D eigenvalue weighted by molar-refractivity contribution is 0.0148. The van der Waals surface area contributed by atoms with E-state index in [0.717, 1.165) is 45.2 Å². The fourth-order valence-corrected chi connectivity index (χ4v) is 2.40. The molecule has 0 unspecified atom stereocenters. The van der Waals surface area contributed by atoms with Crippen LogP contribution in [0.2, 0.25) is 0 Å². The maximum Gasteiger partial charge on any atom is 0.410 e. The average Bonchev–Trinajstić information content (AvgIpc) is 2.54. The van der Waals surface area contributed by atoms with Gasteiger partial charge in [-0.15, -0.1) is 0 Å². The Kier molecular flexibility index (Phi) is 9.59. The highest BCUT2D eigenvalue weighted by Gasteiger charge is 2.25. The van der Waals surface area contributed by atoms with Crippen LogP contribution in [0.1, 0.15) is 27.7 Å². The molecule has 0 aromatic carbocycles. The molecule has 0 saturated carbocycles. The minimum atomic E-state index is -0.443. The molecule has 0 aromatic rings. The fourth-order valence-electron chi connectivity index (χ4n) is 2.40. The summed E-state index contributed by atoms with van der Waals surface area (Å²) in [5, 5.41) is 6.45. The summed E-state index contributed by atoms with van der Waals surface area (Å²) in [5.41, 5.74) is -0.443. The van der Waals surface area contributed by atoms with E-state index >= 15 is 0 Å². The highest BCUT2D eigenvalue weighted by molar-refractivity contribution is 5.79. The lowest BCUT2D eigenvalue weighted by atomic mass is 10.2. The second-order valence-electron chi connectivity index (χ2n) is 6.99. The Balaban J connectivity index is 2.30. The summed E-state index contributed by atoms with van der Waals surface area (Å²) in [5.74, 6) is 0.812. The van der Waals surface area contributed by atoms with Crippen LogP contribution in [0.25, 0.3) is 0 Å². The van der Waals surface area contributed by atoms with Crippen molar-refractivity contribution >= 4 is 12.1 Å². The van der Waals surface area contributed by atoms with E-state index in [9.17, 15) is 4.79 Å². The van der Waals surface area contributed by atoms with Gasteiger partial charge in [0.2, 0.25) is 0 Å². The molecule has 25 heavy (non-hydrogen) atoms. The van der Waals surface area contributed by atoms with Crippen LogP contribution >= 0.6 is 0 Å². The van der Waals surface area contributed by atoms with Crippen molar-refractivity contribution < 1.29 is 14.3 Å². The molecule has 1 aliphatic rings. The summed E-state index contributed by atoms with van der Waals surface area (Å²) in [7, 11) is 1.68. The molecule has 0 atom stereocenters. The van der Waals surface area contributed by atoms with Crippen LogP contribution in [0.15, 0.2) is 4.99 Å². The number of piperazine rings is 1. The molecule has 8 nitrogen and oxygen atoms in total. The summed E-state index contributed by atoms with van der Waals surface area (Å²) < 4.78 is 10.5. The molecule has 0 radical (unpaired) electrons. The zero-order chi connectivity index (χ0) is 18.7. The summed E-state index contributed by atoms with van der Waals surface area (Å²) in [6.45, 7) is 14.6. The molecule has 0 aliphatic carbocycles. The SMILES string of the molecule is CCNC(=NCCN1CCN(C(=O)OC(C)(C)C)CC1)NCCOC. The number of hydrogen-bond acceptors (Lipinski definition) is 5. The average molecular weight is 357 g/mol. The third-order valence-electron chi connectivity index (χ3n) is 3.65. The van der Waals surface area contributed by atoms with Crippen molar-refractivity contribution in [2.24, 2.45) is 4.99 Å². The normalized spacial score (nSPS) is 16.7. The number of nitrogens with zero attached hydrogens (tertiary/aromatic N) is 3. The van der Waals surface area contributed by atoms with Gasteiger partial charge < -0.3 is 25.0 Å². The van der Waals surface area contributed by atoms with Crippen molar-refractivity contribution in [3.05, 3.63) is 0 Å². The maximum absolute atomic E-state index is 12.1. The van der Waals surface area contributed by atoms with Gasteiger partial charge in [-0.2, -0.15) is 0 Å². The van der Waals surface area contributed by atoms with Gasteiger partial charge in [0, 0.05) is 52.9 Å². The van der Waals surface area contributed by atoms with Crippen LogP contribution in [-0.4, -0.2) is 93.5 Å². The number of amides is 1. The molecule has 1 rings (SSSR count). The Morgan fingerprint density at radius 1 is 1.16 bits per heavy atom. The van der Waals surface area contributed by atoms with E-state index in [1.165, 1.54) is 0 Å². The van der Waals surface area contributed by atoms with Gasteiger partial charge in [-0.3, -0.25) is 9.89 Å². The van der Waals surface area contributed by atoms with Crippen molar-refractivity contribution in [3.63, 3.8) is 0 Å². The maximum atomic E-state index is 12.1. The lowest BCUT2D eigenvalue weighted by Gasteiger charge is -2.35. The Labute approximate surface area is 151 Å². The second kappa shape index (κ2) is 11.1. The Bertz CT molecular complexity index is 415. The van der Waals surface area contributed by atoms with Gasteiger partial charge in [-0.1, -0.05) is 0 Å². The minimum Gasteiger partial charge on any atom is -0.444 e. The molecule has 1 aliphatic heterocycles. The standard InChI is InChI=1S/C17H35N5O3/c1-6-18-15(20-8-14-24-5)19-7-9-21-10-12-22(13-11-21)16(23)25-17(2,3)4/h6-14H2,1-5H3,(H2,18,19,20). The number of methoxy groups -OCH3 is 1. The van der Waals surface area contributed by atoms with Crippen LogP contribution in [0, 0.1) is 0 Å². The quantitative estimate of drug-likeness (QED) is 0.398. The molecular weight excluding hydrogens is 322 g/mol. The number of guanidine groups is 1. The van der Waals surface area contributed by atoms with Crippen molar-refractivity contribution in [3.8, 4) is 0 Å². The highest BCUT2D eigenvalue weighted by Crippen LogP contribution is 2.11. The number of rotatable bonds is 7. The predicted molar refractivity (Wildman–Crippen MR) is 100 cm³/mol. The first-order chi connectivity index (χ1) is 11.9. The third-order valence-corrected chi connectivity index (χ3v) is 3.65. The Morgan fingerprint density at radius 2 is 1.84 bits per heavy atom. The molecule has 1 fully saturated rings.